The molecule has 1 unspecified atom stereocenters. The van der Waals surface area contributed by atoms with Crippen molar-refractivity contribution in [3.05, 3.63) is 27.8 Å². The van der Waals surface area contributed by atoms with Crippen molar-refractivity contribution < 1.29 is 14.3 Å². The fourth-order valence-electron chi connectivity index (χ4n) is 1.79. The minimum atomic E-state index is -0.595. The van der Waals surface area contributed by atoms with Crippen molar-refractivity contribution in [2.24, 2.45) is 0 Å². The van der Waals surface area contributed by atoms with Crippen molar-refractivity contribution in [2.45, 2.75) is 5.25 Å². The van der Waals surface area contributed by atoms with Gasteiger partial charge in [-0.3, -0.25) is 14.9 Å². The Bertz CT molecular complexity index is 734. The van der Waals surface area contributed by atoms with E-state index in [0.717, 1.165) is 11.8 Å². The number of nitrogens with zero attached hydrogens (tertiary/aromatic N) is 3. The zero-order chi connectivity index (χ0) is 13.6. The Morgan fingerprint density at radius 1 is 1.40 bits per heavy atom. The summed E-state index contributed by atoms with van der Waals surface area (Å²) in [5.74, 6) is -0.284. The molecule has 97 valence electrons. The van der Waals surface area contributed by atoms with Crippen LogP contribution in [-0.4, -0.2) is 55.0 Å². The first-order chi connectivity index (χ1) is 9.08. The van der Waals surface area contributed by atoms with E-state index in [2.05, 4.69) is 20.3 Å². The van der Waals surface area contributed by atoms with E-state index in [0.29, 0.717) is 9.88 Å². The van der Waals surface area contributed by atoms with Gasteiger partial charge in [-0.2, -0.15) is 0 Å². The van der Waals surface area contributed by atoms with E-state index < -0.39 is 10.2 Å². The summed E-state index contributed by atoms with van der Waals surface area (Å²) < 4.78 is 4.90. The molecule has 1 amide bonds. The SMILES string of the molecule is O=C1NC(=S)SC1c1ccc([N+](=O)[O-])c2nonc12.[Na]. The van der Waals surface area contributed by atoms with Crippen molar-refractivity contribution >= 4 is 80.5 Å². The molecule has 0 bridgehead atoms. The summed E-state index contributed by atoms with van der Waals surface area (Å²) in [7, 11) is 0. The maximum atomic E-state index is 11.7. The Morgan fingerprint density at radius 3 is 2.70 bits per heavy atom. The first-order valence-corrected chi connectivity index (χ1v) is 6.28. The maximum absolute atomic E-state index is 11.7. The van der Waals surface area contributed by atoms with Crippen LogP contribution < -0.4 is 5.32 Å². The molecule has 11 heteroatoms. The van der Waals surface area contributed by atoms with Gasteiger partial charge in [0.25, 0.3) is 0 Å². The number of aromatic nitrogens is 2. The molecule has 1 atom stereocenters. The second kappa shape index (κ2) is 5.74. The Morgan fingerprint density at radius 2 is 2.10 bits per heavy atom. The molecule has 0 spiro atoms. The van der Waals surface area contributed by atoms with E-state index in [1.807, 2.05) is 0 Å². The predicted molar refractivity (Wildman–Crippen MR) is 75.3 cm³/mol. The molecule has 3 rings (SSSR count). The number of hydrogen-bond acceptors (Lipinski definition) is 8. The minimum absolute atomic E-state index is 0. The van der Waals surface area contributed by atoms with Crippen LogP contribution in [0.4, 0.5) is 5.69 Å². The van der Waals surface area contributed by atoms with Crippen molar-refractivity contribution in [1.82, 2.24) is 15.6 Å². The number of thiocarbonyl (C=S) groups is 1. The van der Waals surface area contributed by atoms with Crippen LogP contribution in [0.3, 0.4) is 0 Å². The monoisotopic (exact) mass is 319 g/mol. The Kier molecular flexibility index (Phi) is 4.39. The van der Waals surface area contributed by atoms with Gasteiger partial charge in [0.15, 0.2) is 0 Å². The molecule has 8 nitrogen and oxygen atoms in total. The molecule has 1 saturated heterocycles. The number of benzene rings is 1. The van der Waals surface area contributed by atoms with Crippen LogP contribution in [-0.2, 0) is 4.79 Å². The van der Waals surface area contributed by atoms with Gasteiger partial charge in [-0.25, -0.2) is 4.63 Å². The van der Waals surface area contributed by atoms with Crippen molar-refractivity contribution in [3.8, 4) is 0 Å². The van der Waals surface area contributed by atoms with E-state index in [9.17, 15) is 14.9 Å². The van der Waals surface area contributed by atoms with Gasteiger partial charge in [0.1, 0.15) is 15.1 Å². The van der Waals surface area contributed by atoms with E-state index in [4.69, 9.17) is 12.2 Å². The fraction of sp³-hybridized carbons (Fsp3) is 0.111. The van der Waals surface area contributed by atoms with E-state index in [-0.39, 0.29) is 52.2 Å². The average molecular weight is 319 g/mol. The second-order valence-electron chi connectivity index (χ2n) is 3.67. The summed E-state index contributed by atoms with van der Waals surface area (Å²) >= 11 is 6.06. The summed E-state index contributed by atoms with van der Waals surface area (Å²) in [5, 5.41) is 19.9. The van der Waals surface area contributed by atoms with Crippen LogP contribution in [0, 0.1) is 10.1 Å². The van der Waals surface area contributed by atoms with Gasteiger partial charge < -0.3 is 5.32 Å². The quantitative estimate of drug-likeness (QED) is 0.377. The summed E-state index contributed by atoms with van der Waals surface area (Å²) in [6.07, 6.45) is 0. The molecule has 20 heavy (non-hydrogen) atoms. The summed E-state index contributed by atoms with van der Waals surface area (Å²) in [6.45, 7) is 0. The van der Waals surface area contributed by atoms with Gasteiger partial charge in [0.05, 0.1) is 4.92 Å². The molecule has 0 saturated carbocycles. The third-order valence-corrected chi connectivity index (χ3v) is 4.00. The van der Waals surface area contributed by atoms with Gasteiger partial charge >= 0.3 is 5.69 Å². The molecule has 0 aliphatic carbocycles. The number of hydrogen-bond donors (Lipinski definition) is 1. The van der Waals surface area contributed by atoms with Gasteiger partial charge in [-0.15, -0.1) is 0 Å². The third kappa shape index (κ3) is 2.44. The number of rotatable bonds is 2. The number of fused-ring (bicyclic) bond motifs is 1. The van der Waals surface area contributed by atoms with Gasteiger partial charge in [-0.05, 0) is 16.4 Å². The van der Waals surface area contributed by atoms with Crippen LogP contribution in [0.1, 0.15) is 10.8 Å². The topological polar surface area (TPSA) is 111 Å². The molecule has 1 fully saturated rings. The first kappa shape index (κ1) is 15.3. The summed E-state index contributed by atoms with van der Waals surface area (Å²) in [5.41, 5.74) is 0.496. The molecule has 1 radical (unpaired) electrons. The van der Waals surface area contributed by atoms with Gasteiger partial charge in [0.2, 0.25) is 11.4 Å². The second-order valence-corrected chi connectivity index (χ2v) is 5.45. The molecule has 2 heterocycles. The number of nitro groups is 1. The standard InChI is InChI=1S/C9H4N4O4S2.Na/c14-8-7(19-9(18)10-8)3-1-2-4(13(15)16)6-5(3)11-17-12-6;/h1-2,7H,(H,10,14,18);. The van der Waals surface area contributed by atoms with Crippen molar-refractivity contribution in [3.63, 3.8) is 0 Å². The molecule has 1 aromatic carbocycles. The Balaban J connectivity index is 0.00000147. The Labute approximate surface area is 143 Å². The van der Waals surface area contributed by atoms with Crippen LogP contribution >= 0.6 is 24.0 Å². The van der Waals surface area contributed by atoms with Crippen LogP contribution in [0.2, 0.25) is 0 Å². The zero-order valence-electron chi connectivity index (χ0n) is 10.0. The average Bonchev–Trinajstić information content (AvgIpc) is 2.94. The smallest absolute Gasteiger partial charge is 0.300 e. The number of thioether (sulfide) groups is 1. The molecular weight excluding hydrogens is 315 g/mol. The molecule has 1 N–H and O–H groups in total. The maximum Gasteiger partial charge on any atom is 0.300 e. The number of amides is 1. The molecule has 1 aliphatic rings. The number of carbonyl (C=O) groups excluding carboxylic acids is 1. The van der Waals surface area contributed by atoms with E-state index in [1.165, 1.54) is 12.1 Å². The van der Waals surface area contributed by atoms with Crippen LogP contribution in [0.15, 0.2) is 16.8 Å². The minimum Gasteiger partial charge on any atom is -0.310 e. The molecule has 1 aromatic heterocycles. The predicted octanol–water partition coefficient (Wildman–Crippen LogP) is 0.939. The van der Waals surface area contributed by atoms with Crippen molar-refractivity contribution in [1.29, 1.82) is 0 Å². The summed E-state index contributed by atoms with van der Waals surface area (Å²) in [6, 6.07) is 2.74. The summed E-state index contributed by atoms with van der Waals surface area (Å²) in [4.78, 5) is 22.0. The molecule has 1 aliphatic heterocycles. The molecule has 2 aromatic rings. The largest absolute Gasteiger partial charge is 0.310 e. The fourth-order valence-corrected chi connectivity index (χ4v) is 3.04. The number of carbonyl (C=O) groups is 1. The van der Waals surface area contributed by atoms with Crippen LogP contribution in [0.5, 0.6) is 0 Å². The zero-order valence-corrected chi connectivity index (χ0v) is 13.7. The number of non-ortho nitro benzene ring substituents is 1. The van der Waals surface area contributed by atoms with E-state index >= 15 is 0 Å². The van der Waals surface area contributed by atoms with Gasteiger partial charge in [-0.1, -0.05) is 24.0 Å². The first-order valence-electron chi connectivity index (χ1n) is 4.99. The van der Waals surface area contributed by atoms with E-state index in [1.54, 1.807) is 0 Å². The third-order valence-electron chi connectivity index (χ3n) is 2.59. The Hall–Kier alpha value is -1.07. The normalized spacial score (nSPS) is 17.9. The van der Waals surface area contributed by atoms with Gasteiger partial charge in [0, 0.05) is 41.2 Å². The van der Waals surface area contributed by atoms with Crippen molar-refractivity contribution in [2.75, 3.05) is 0 Å². The number of nitro benzene ring substituents is 1. The molecular formula is C9H4N4NaO4S2. The van der Waals surface area contributed by atoms with Crippen LogP contribution in [0.25, 0.3) is 11.0 Å². The number of nitrogens with one attached hydrogen (secondary N) is 1.